The molecule has 4 nitrogen and oxygen atoms in total. The fourth-order valence-corrected chi connectivity index (χ4v) is 2.30. The summed E-state index contributed by atoms with van der Waals surface area (Å²) in [7, 11) is 4.25. The van der Waals surface area contributed by atoms with Gasteiger partial charge in [0.2, 0.25) is 0 Å². The zero-order valence-electron chi connectivity index (χ0n) is 12.3. The monoisotopic (exact) mass is 265 g/mol. The Balaban J connectivity index is 1.59. The molecule has 108 valence electrons. The SMILES string of the molecule is CN(C)CCCNCCN(Cc1ccco1)C1CC1. The van der Waals surface area contributed by atoms with Crippen LogP contribution >= 0.6 is 0 Å². The highest BCUT2D eigenvalue weighted by atomic mass is 16.3. The molecule has 0 unspecified atom stereocenters. The second-order valence-corrected chi connectivity index (χ2v) is 5.69. The van der Waals surface area contributed by atoms with E-state index in [0.717, 1.165) is 44.5 Å². The van der Waals surface area contributed by atoms with Gasteiger partial charge in [-0.3, -0.25) is 4.90 Å². The summed E-state index contributed by atoms with van der Waals surface area (Å²) in [4.78, 5) is 4.77. The summed E-state index contributed by atoms with van der Waals surface area (Å²) in [5.74, 6) is 1.08. The minimum absolute atomic E-state index is 0.786. The van der Waals surface area contributed by atoms with E-state index in [1.165, 1.54) is 19.3 Å². The van der Waals surface area contributed by atoms with E-state index in [1.807, 2.05) is 6.07 Å². The molecule has 0 aromatic carbocycles. The molecule has 1 N–H and O–H groups in total. The van der Waals surface area contributed by atoms with Gasteiger partial charge in [-0.25, -0.2) is 0 Å². The van der Waals surface area contributed by atoms with Crippen LogP contribution in [0.25, 0.3) is 0 Å². The van der Waals surface area contributed by atoms with Crippen LogP contribution in [0.3, 0.4) is 0 Å². The summed E-state index contributed by atoms with van der Waals surface area (Å²) in [6, 6.07) is 4.83. The Labute approximate surface area is 116 Å². The topological polar surface area (TPSA) is 31.6 Å². The zero-order valence-corrected chi connectivity index (χ0v) is 12.3. The minimum atomic E-state index is 0.786. The quantitative estimate of drug-likeness (QED) is 0.654. The maximum atomic E-state index is 5.45. The number of nitrogens with one attached hydrogen (secondary N) is 1. The Morgan fingerprint density at radius 2 is 2.11 bits per heavy atom. The summed E-state index contributed by atoms with van der Waals surface area (Å²) < 4.78 is 5.45. The number of nitrogens with zero attached hydrogens (tertiary/aromatic N) is 2. The van der Waals surface area contributed by atoms with Crippen molar-refractivity contribution < 1.29 is 4.42 Å². The second kappa shape index (κ2) is 7.68. The van der Waals surface area contributed by atoms with E-state index in [2.05, 4.69) is 35.3 Å². The number of hydrogen-bond donors (Lipinski definition) is 1. The zero-order chi connectivity index (χ0) is 13.5. The van der Waals surface area contributed by atoms with E-state index in [1.54, 1.807) is 6.26 Å². The number of hydrogen-bond acceptors (Lipinski definition) is 4. The summed E-state index contributed by atoms with van der Waals surface area (Å²) in [6.45, 7) is 5.41. The highest BCUT2D eigenvalue weighted by Gasteiger charge is 2.28. The van der Waals surface area contributed by atoms with Gasteiger partial charge >= 0.3 is 0 Å². The molecular weight excluding hydrogens is 238 g/mol. The van der Waals surface area contributed by atoms with Crippen LogP contribution in [-0.2, 0) is 6.54 Å². The van der Waals surface area contributed by atoms with Gasteiger partial charge in [0.1, 0.15) is 5.76 Å². The van der Waals surface area contributed by atoms with Crippen LogP contribution in [-0.4, -0.2) is 56.1 Å². The molecule has 0 radical (unpaired) electrons. The van der Waals surface area contributed by atoms with E-state index in [9.17, 15) is 0 Å². The summed E-state index contributed by atoms with van der Waals surface area (Å²) in [6.07, 6.45) is 5.68. The van der Waals surface area contributed by atoms with E-state index in [-0.39, 0.29) is 0 Å². The maximum absolute atomic E-state index is 5.45. The largest absolute Gasteiger partial charge is 0.468 e. The van der Waals surface area contributed by atoms with E-state index >= 15 is 0 Å². The maximum Gasteiger partial charge on any atom is 0.117 e. The normalized spacial score (nSPS) is 15.6. The van der Waals surface area contributed by atoms with Gasteiger partial charge in [-0.2, -0.15) is 0 Å². The second-order valence-electron chi connectivity index (χ2n) is 5.69. The van der Waals surface area contributed by atoms with Crippen LogP contribution in [0.4, 0.5) is 0 Å². The predicted octanol–water partition coefficient (Wildman–Crippen LogP) is 1.79. The van der Waals surface area contributed by atoms with Crippen molar-refractivity contribution in [3.8, 4) is 0 Å². The van der Waals surface area contributed by atoms with Gasteiger partial charge in [-0.1, -0.05) is 0 Å². The summed E-state index contributed by atoms with van der Waals surface area (Å²) in [5.41, 5.74) is 0. The van der Waals surface area contributed by atoms with Crippen molar-refractivity contribution in [3.63, 3.8) is 0 Å². The molecule has 0 amide bonds. The molecule has 1 fully saturated rings. The van der Waals surface area contributed by atoms with Crippen LogP contribution in [0.15, 0.2) is 22.8 Å². The highest BCUT2D eigenvalue weighted by Crippen LogP contribution is 2.27. The average Bonchev–Trinajstić information content (AvgIpc) is 3.10. The van der Waals surface area contributed by atoms with Gasteiger partial charge in [0.15, 0.2) is 0 Å². The van der Waals surface area contributed by atoms with Gasteiger partial charge in [-0.05, 0) is 58.6 Å². The van der Waals surface area contributed by atoms with Crippen molar-refractivity contribution >= 4 is 0 Å². The van der Waals surface area contributed by atoms with Crippen molar-refractivity contribution in [3.05, 3.63) is 24.2 Å². The Morgan fingerprint density at radius 1 is 1.26 bits per heavy atom. The minimum Gasteiger partial charge on any atom is -0.468 e. The molecule has 19 heavy (non-hydrogen) atoms. The van der Waals surface area contributed by atoms with E-state index < -0.39 is 0 Å². The number of furan rings is 1. The molecule has 1 aliphatic carbocycles. The Hall–Kier alpha value is -0.840. The summed E-state index contributed by atoms with van der Waals surface area (Å²) >= 11 is 0. The highest BCUT2D eigenvalue weighted by molar-refractivity contribution is 4.99. The first kappa shape index (κ1) is 14.6. The summed E-state index contributed by atoms with van der Waals surface area (Å²) in [5, 5.41) is 3.53. The third kappa shape index (κ3) is 5.76. The molecule has 1 heterocycles. The standard InChI is InChI=1S/C15H27N3O/c1-17(2)10-4-8-16-9-11-18(14-6-7-14)13-15-5-3-12-19-15/h3,5,12,14,16H,4,6-11,13H2,1-2H3. The molecule has 0 saturated heterocycles. The molecule has 1 aliphatic rings. The van der Waals surface area contributed by atoms with Crippen LogP contribution in [0.1, 0.15) is 25.0 Å². The molecule has 0 atom stereocenters. The van der Waals surface area contributed by atoms with E-state index in [0.29, 0.717) is 0 Å². The fraction of sp³-hybridized carbons (Fsp3) is 0.733. The van der Waals surface area contributed by atoms with Crippen molar-refractivity contribution in [2.24, 2.45) is 0 Å². The lowest BCUT2D eigenvalue weighted by atomic mass is 10.3. The first-order chi connectivity index (χ1) is 9.25. The molecule has 1 saturated carbocycles. The van der Waals surface area contributed by atoms with Crippen LogP contribution in [0.2, 0.25) is 0 Å². The van der Waals surface area contributed by atoms with Crippen molar-refractivity contribution in [2.75, 3.05) is 40.3 Å². The fourth-order valence-electron chi connectivity index (χ4n) is 2.30. The van der Waals surface area contributed by atoms with Gasteiger partial charge < -0.3 is 14.6 Å². The lowest BCUT2D eigenvalue weighted by molar-refractivity contribution is 0.233. The first-order valence-corrected chi connectivity index (χ1v) is 7.37. The van der Waals surface area contributed by atoms with Crippen LogP contribution in [0, 0.1) is 0 Å². The Bertz CT molecular complexity index is 333. The van der Waals surface area contributed by atoms with Crippen LogP contribution < -0.4 is 5.32 Å². The van der Waals surface area contributed by atoms with Gasteiger partial charge in [-0.15, -0.1) is 0 Å². The van der Waals surface area contributed by atoms with Crippen molar-refractivity contribution in [1.29, 1.82) is 0 Å². The molecule has 0 bridgehead atoms. The van der Waals surface area contributed by atoms with Crippen molar-refractivity contribution in [1.82, 2.24) is 15.1 Å². The molecule has 2 rings (SSSR count). The third-order valence-corrected chi connectivity index (χ3v) is 3.54. The van der Waals surface area contributed by atoms with Gasteiger partial charge in [0.25, 0.3) is 0 Å². The molecule has 0 aliphatic heterocycles. The molecular formula is C15H27N3O. The molecule has 1 aromatic rings. The van der Waals surface area contributed by atoms with E-state index in [4.69, 9.17) is 4.42 Å². The Kier molecular flexibility index (Phi) is 5.89. The molecule has 4 heteroatoms. The molecule has 0 spiro atoms. The lowest BCUT2D eigenvalue weighted by Gasteiger charge is -2.21. The third-order valence-electron chi connectivity index (χ3n) is 3.54. The Morgan fingerprint density at radius 3 is 2.74 bits per heavy atom. The lowest BCUT2D eigenvalue weighted by Crippen LogP contribution is -2.34. The van der Waals surface area contributed by atoms with Crippen LogP contribution in [0.5, 0.6) is 0 Å². The average molecular weight is 265 g/mol. The smallest absolute Gasteiger partial charge is 0.117 e. The predicted molar refractivity (Wildman–Crippen MR) is 78.2 cm³/mol. The van der Waals surface area contributed by atoms with Gasteiger partial charge in [0, 0.05) is 19.1 Å². The number of rotatable bonds is 10. The first-order valence-electron chi connectivity index (χ1n) is 7.37. The van der Waals surface area contributed by atoms with Gasteiger partial charge in [0.05, 0.1) is 12.8 Å². The van der Waals surface area contributed by atoms with Crippen molar-refractivity contribution in [2.45, 2.75) is 31.8 Å². The molecule has 1 aromatic heterocycles.